The number of hydrogen-bond acceptors (Lipinski definition) is 6. The topological polar surface area (TPSA) is 115 Å². The fraction of sp³-hybridized carbons (Fsp3) is 0.250. The summed E-state index contributed by atoms with van der Waals surface area (Å²) in [5, 5.41) is 9.71. The summed E-state index contributed by atoms with van der Waals surface area (Å²) in [4.78, 5) is 40.8. The molecule has 1 saturated carbocycles. The SMILES string of the molecule is Cc1nn2cccnc2c1C(=O)OCC(=O)Nc1cccc(C(=O)NC2CC2)c1. The quantitative estimate of drug-likeness (QED) is 0.617. The molecule has 0 aliphatic heterocycles. The van der Waals surface area contributed by atoms with Gasteiger partial charge in [-0.05, 0) is 44.0 Å². The minimum absolute atomic E-state index is 0.175. The Morgan fingerprint density at radius 1 is 1.24 bits per heavy atom. The number of carbonyl (C=O) groups excluding carboxylic acids is 3. The van der Waals surface area contributed by atoms with Crippen molar-refractivity contribution >= 4 is 29.1 Å². The zero-order chi connectivity index (χ0) is 20.4. The zero-order valence-electron chi connectivity index (χ0n) is 15.7. The van der Waals surface area contributed by atoms with Crippen LogP contribution in [-0.2, 0) is 9.53 Å². The van der Waals surface area contributed by atoms with Gasteiger partial charge in [0.1, 0.15) is 5.56 Å². The summed E-state index contributed by atoms with van der Waals surface area (Å²) in [6.07, 6.45) is 5.21. The van der Waals surface area contributed by atoms with E-state index in [2.05, 4.69) is 20.7 Å². The van der Waals surface area contributed by atoms with Gasteiger partial charge in [0, 0.05) is 29.7 Å². The molecule has 1 fully saturated rings. The maximum absolute atomic E-state index is 12.4. The van der Waals surface area contributed by atoms with Gasteiger partial charge >= 0.3 is 5.97 Å². The summed E-state index contributed by atoms with van der Waals surface area (Å²) in [6.45, 7) is 1.20. The zero-order valence-corrected chi connectivity index (χ0v) is 15.7. The van der Waals surface area contributed by atoms with Crippen molar-refractivity contribution in [2.45, 2.75) is 25.8 Å². The summed E-state index contributed by atoms with van der Waals surface area (Å²) in [5.74, 6) is -1.37. The molecule has 0 radical (unpaired) electrons. The number of carbonyl (C=O) groups is 3. The molecule has 2 N–H and O–H groups in total. The van der Waals surface area contributed by atoms with Crippen LogP contribution in [0.5, 0.6) is 0 Å². The molecule has 9 nitrogen and oxygen atoms in total. The van der Waals surface area contributed by atoms with Crippen LogP contribution in [0, 0.1) is 6.92 Å². The van der Waals surface area contributed by atoms with E-state index in [-0.39, 0.29) is 17.5 Å². The average Bonchev–Trinajstić information content (AvgIpc) is 3.45. The third-order valence-electron chi connectivity index (χ3n) is 4.43. The van der Waals surface area contributed by atoms with Gasteiger partial charge in [-0.2, -0.15) is 5.10 Å². The molecule has 148 valence electrons. The van der Waals surface area contributed by atoms with E-state index in [0.29, 0.717) is 22.6 Å². The third kappa shape index (κ3) is 4.23. The van der Waals surface area contributed by atoms with Gasteiger partial charge in [0.2, 0.25) is 0 Å². The second-order valence-corrected chi connectivity index (χ2v) is 6.80. The molecule has 29 heavy (non-hydrogen) atoms. The Kier molecular flexibility index (Phi) is 4.94. The van der Waals surface area contributed by atoms with Crippen LogP contribution in [0.1, 0.15) is 39.3 Å². The number of ether oxygens (including phenoxy) is 1. The van der Waals surface area contributed by atoms with E-state index in [1.807, 2.05) is 0 Å². The first-order valence-electron chi connectivity index (χ1n) is 9.19. The first-order valence-corrected chi connectivity index (χ1v) is 9.19. The number of anilines is 1. The Bertz CT molecular complexity index is 1100. The molecular formula is C20H19N5O4. The third-order valence-corrected chi connectivity index (χ3v) is 4.43. The molecule has 1 aliphatic carbocycles. The fourth-order valence-corrected chi connectivity index (χ4v) is 2.87. The van der Waals surface area contributed by atoms with Gasteiger partial charge in [-0.15, -0.1) is 0 Å². The molecule has 2 amide bonds. The number of benzene rings is 1. The lowest BCUT2D eigenvalue weighted by Crippen LogP contribution is -2.25. The molecule has 3 aromatic rings. The fourth-order valence-electron chi connectivity index (χ4n) is 2.87. The highest BCUT2D eigenvalue weighted by Gasteiger charge is 2.24. The van der Waals surface area contributed by atoms with Crippen molar-refractivity contribution in [3.63, 3.8) is 0 Å². The lowest BCUT2D eigenvalue weighted by atomic mass is 10.2. The standard InChI is InChI=1S/C20H19N5O4/c1-12-17(18-21-8-3-9-25(18)24-12)20(28)29-11-16(26)22-15-5-2-4-13(10-15)19(27)23-14-6-7-14/h2-5,8-10,14H,6-7,11H2,1H3,(H,22,26)(H,23,27). The Balaban J connectivity index is 1.37. The smallest absolute Gasteiger partial charge is 0.344 e. The van der Waals surface area contributed by atoms with E-state index in [0.717, 1.165) is 12.8 Å². The van der Waals surface area contributed by atoms with Gasteiger partial charge < -0.3 is 15.4 Å². The second kappa shape index (κ2) is 7.70. The molecule has 0 atom stereocenters. The second-order valence-electron chi connectivity index (χ2n) is 6.80. The Hall–Kier alpha value is -3.75. The maximum atomic E-state index is 12.4. The van der Waals surface area contributed by atoms with Crippen molar-refractivity contribution in [3.05, 3.63) is 59.5 Å². The minimum atomic E-state index is -0.677. The number of nitrogens with one attached hydrogen (secondary N) is 2. The van der Waals surface area contributed by atoms with Crippen LogP contribution >= 0.6 is 0 Å². The van der Waals surface area contributed by atoms with Crippen molar-refractivity contribution in [2.75, 3.05) is 11.9 Å². The number of fused-ring (bicyclic) bond motifs is 1. The first-order chi connectivity index (χ1) is 14.0. The van der Waals surface area contributed by atoms with Crippen molar-refractivity contribution < 1.29 is 19.1 Å². The van der Waals surface area contributed by atoms with Crippen molar-refractivity contribution in [1.82, 2.24) is 19.9 Å². The predicted octanol–water partition coefficient (Wildman–Crippen LogP) is 1.73. The number of amides is 2. The Morgan fingerprint density at radius 3 is 2.86 bits per heavy atom. The Morgan fingerprint density at radius 2 is 2.07 bits per heavy atom. The molecule has 0 spiro atoms. The number of nitrogens with zero attached hydrogens (tertiary/aromatic N) is 3. The van der Waals surface area contributed by atoms with Crippen LogP contribution in [0.4, 0.5) is 5.69 Å². The van der Waals surface area contributed by atoms with Crippen LogP contribution in [-0.4, -0.2) is 45.0 Å². The van der Waals surface area contributed by atoms with E-state index in [4.69, 9.17) is 4.74 Å². The highest BCUT2D eigenvalue weighted by atomic mass is 16.5. The number of aryl methyl sites for hydroxylation is 1. The molecular weight excluding hydrogens is 374 g/mol. The molecule has 0 saturated heterocycles. The molecule has 0 unspecified atom stereocenters. The maximum Gasteiger partial charge on any atom is 0.344 e. The molecule has 4 rings (SSSR count). The van der Waals surface area contributed by atoms with Gasteiger partial charge in [0.05, 0.1) is 5.69 Å². The largest absolute Gasteiger partial charge is 0.452 e. The van der Waals surface area contributed by atoms with Crippen molar-refractivity contribution in [3.8, 4) is 0 Å². The molecule has 9 heteroatoms. The first kappa shape index (κ1) is 18.6. The normalized spacial score (nSPS) is 13.1. The predicted molar refractivity (Wildman–Crippen MR) is 104 cm³/mol. The van der Waals surface area contributed by atoms with Crippen LogP contribution in [0.2, 0.25) is 0 Å². The van der Waals surface area contributed by atoms with E-state index < -0.39 is 18.5 Å². The summed E-state index contributed by atoms with van der Waals surface area (Å²) in [5.41, 5.74) is 1.95. The average molecular weight is 393 g/mol. The number of aromatic nitrogens is 3. The summed E-state index contributed by atoms with van der Waals surface area (Å²) in [7, 11) is 0. The highest BCUT2D eigenvalue weighted by molar-refractivity contribution is 6.00. The lowest BCUT2D eigenvalue weighted by molar-refractivity contribution is -0.119. The number of esters is 1. The molecule has 1 aromatic carbocycles. The van der Waals surface area contributed by atoms with Gasteiger partial charge in [0.25, 0.3) is 11.8 Å². The lowest BCUT2D eigenvalue weighted by Gasteiger charge is -2.08. The highest BCUT2D eigenvalue weighted by Crippen LogP contribution is 2.20. The summed E-state index contributed by atoms with van der Waals surface area (Å²) >= 11 is 0. The van der Waals surface area contributed by atoms with Gasteiger partial charge in [-0.25, -0.2) is 14.3 Å². The van der Waals surface area contributed by atoms with Crippen LogP contribution < -0.4 is 10.6 Å². The van der Waals surface area contributed by atoms with E-state index >= 15 is 0 Å². The summed E-state index contributed by atoms with van der Waals surface area (Å²) in [6, 6.07) is 8.54. The Labute approximate surface area is 166 Å². The van der Waals surface area contributed by atoms with Gasteiger partial charge in [-0.3, -0.25) is 9.59 Å². The van der Waals surface area contributed by atoms with Gasteiger partial charge in [-0.1, -0.05) is 6.07 Å². The minimum Gasteiger partial charge on any atom is -0.452 e. The number of rotatable bonds is 6. The molecule has 2 aromatic heterocycles. The van der Waals surface area contributed by atoms with Crippen molar-refractivity contribution in [1.29, 1.82) is 0 Å². The molecule has 0 bridgehead atoms. The van der Waals surface area contributed by atoms with Crippen molar-refractivity contribution in [2.24, 2.45) is 0 Å². The van der Waals surface area contributed by atoms with Crippen LogP contribution in [0.3, 0.4) is 0 Å². The van der Waals surface area contributed by atoms with Crippen LogP contribution in [0.25, 0.3) is 5.65 Å². The van der Waals surface area contributed by atoms with E-state index in [9.17, 15) is 14.4 Å². The molecule has 1 aliphatic rings. The van der Waals surface area contributed by atoms with E-state index in [1.54, 1.807) is 49.6 Å². The molecule has 2 heterocycles. The van der Waals surface area contributed by atoms with Gasteiger partial charge in [0.15, 0.2) is 12.3 Å². The van der Waals surface area contributed by atoms with Crippen LogP contribution in [0.15, 0.2) is 42.7 Å². The number of hydrogen-bond donors (Lipinski definition) is 2. The summed E-state index contributed by atoms with van der Waals surface area (Å²) < 4.78 is 6.60. The monoisotopic (exact) mass is 393 g/mol. The van der Waals surface area contributed by atoms with E-state index in [1.165, 1.54) is 4.52 Å².